The topological polar surface area (TPSA) is 67.7 Å². The molecule has 8 heteroatoms. The van der Waals surface area contributed by atoms with Crippen LogP contribution >= 0.6 is 0 Å². The largest absolute Gasteiger partial charge is 0.319 e. The Hall–Kier alpha value is -7.38. The summed E-state index contributed by atoms with van der Waals surface area (Å²) in [6, 6.07) is 52.0. The molecule has 0 amide bonds. The fourth-order valence-electron chi connectivity index (χ4n) is 13.8. The van der Waals surface area contributed by atoms with Gasteiger partial charge in [-0.1, -0.05) is 130 Å². The van der Waals surface area contributed by atoms with Gasteiger partial charge in [-0.05, 0) is 140 Å². The first-order chi connectivity index (χ1) is 32.2. The summed E-state index contributed by atoms with van der Waals surface area (Å²) in [4.78, 5) is 14.0. The number of nitrogens with zero attached hydrogens (tertiary/aromatic N) is 4. The van der Waals surface area contributed by atoms with E-state index < -0.39 is 0 Å². The van der Waals surface area contributed by atoms with E-state index in [9.17, 15) is 0 Å². The Labute approximate surface area is 376 Å². The zero-order chi connectivity index (χ0) is 42.4. The lowest BCUT2D eigenvalue weighted by molar-refractivity contribution is 0.720. The maximum atomic E-state index is 4.86. The summed E-state index contributed by atoms with van der Waals surface area (Å²) >= 11 is 0. The lowest BCUT2D eigenvalue weighted by atomic mass is 9.41. The average Bonchev–Trinajstić information content (AvgIpc) is 4.21. The standard InChI is InChI=1S/C57H38B2N6/c1-60-25-47-31-11-5-3-9-29(31)37-17-41-33-13-7-15-35-43-19-45-46-20-44-36-16-8-14-34-42-18-38-30-10-4-6-12-32(30)48(26-61-2)40(38)22-50(42)59(56(34)36)52(44)24-54(46)65(57-63-27-62-28-64-57)53(45)23-51(43)58(55(33)35)49(41)21-39(37)47/h3-24,27-28,47-48,60-61H,25-26H2,1-2H3. The van der Waals surface area contributed by atoms with E-state index in [4.69, 9.17) is 9.97 Å². The summed E-state index contributed by atoms with van der Waals surface area (Å²) in [6.07, 6.45) is 3.26. The third kappa shape index (κ3) is 4.20. The van der Waals surface area contributed by atoms with Gasteiger partial charge in [0.15, 0.2) is 0 Å². The molecule has 2 unspecified atom stereocenters. The molecule has 4 aliphatic heterocycles. The number of likely N-dealkylation sites (N-methyl/N-ethyl adjacent to an activating group) is 2. The van der Waals surface area contributed by atoms with Crippen LogP contribution in [-0.4, -0.2) is 60.1 Å². The minimum Gasteiger partial charge on any atom is -0.319 e. The van der Waals surface area contributed by atoms with Gasteiger partial charge < -0.3 is 10.6 Å². The molecular weight excluding hydrogens is 790 g/mol. The van der Waals surface area contributed by atoms with Gasteiger partial charge in [0.25, 0.3) is 0 Å². The smallest absolute Gasteiger partial charge is 0.244 e. The molecule has 2 N–H and O–H groups in total. The lowest BCUT2D eigenvalue weighted by Crippen LogP contribution is -2.46. The van der Waals surface area contributed by atoms with Crippen molar-refractivity contribution in [2.45, 2.75) is 11.8 Å². The summed E-state index contributed by atoms with van der Waals surface area (Å²) in [5.41, 5.74) is 32.7. The molecule has 8 aromatic carbocycles. The van der Waals surface area contributed by atoms with Crippen molar-refractivity contribution < 1.29 is 0 Å². The molecule has 10 aromatic rings. The SMILES string of the molecule is CNCC1c2ccccc2-c2cc3c(cc21)B1c2cc4c(cc2-c2cccc-3c21)c1cc2c(cc1n4-c1ncncn1)B1c3cc4c(cc3-c3cccc-2c31)-c1ccccc1C4CNC. The summed E-state index contributed by atoms with van der Waals surface area (Å²) in [7, 11) is 4.14. The molecule has 0 saturated heterocycles. The van der Waals surface area contributed by atoms with Gasteiger partial charge in [-0.2, -0.15) is 0 Å². The highest BCUT2D eigenvalue weighted by Gasteiger charge is 2.46. The number of hydrogen-bond donors (Lipinski definition) is 2. The summed E-state index contributed by atoms with van der Waals surface area (Å²) in [5.74, 6) is 1.27. The predicted molar refractivity (Wildman–Crippen MR) is 268 cm³/mol. The van der Waals surface area contributed by atoms with Gasteiger partial charge in [0.05, 0.1) is 11.0 Å². The molecule has 16 rings (SSSR count). The number of rotatable bonds is 5. The van der Waals surface area contributed by atoms with Gasteiger partial charge in [0, 0.05) is 35.7 Å². The quantitative estimate of drug-likeness (QED) is 0.192. The van der Waals surface area contributed by atoms with Crippen LogP contribution < -0.4 is 43.4 Å². The average molecular weight is 829 g/mol. The van der Waals surface area contributed by atoms with Crippen molar-refractivity contribution >= 4 is 68.0 Å². The first-order valence-corrected chi connectivity index (χ1v) is 23.1. The van der Waals surface area contributed by atoms with Crippen molar-refractivity contribution in [2.75, 3.05) is 27.2 Å². The summed E-state index contributed by atoms with van der Waals surface area (Å²) in [6.45, 7) is 2.11. The first-order valence-electron chi connectivity index (χ1n) is 23.1. The van der Waals surface area contributed by atoms with Crippen LogP contribution in [0.2, 0.25) is 0 Å². The van der Waals surface area contributed by atoms with Crippen molar-refractivity contribution in [2.24, 2.45) is 0 Å². The molecule has 6 heterocycles. The van der Waals surface area contributed by atoms with Crippen LogP contribution in [0.5, 0.6) is 0 Å². The fourth-order valence-corrected chi connectivity index (χ4v) is 13.8. The predicted octanol–water partition coefficient (Wildman–Crippen LogP) is 6.59. The second kappa shape index (κ2) is 12.2. The third-order valence-electron chi connectivity index (χ3n) is 16.2. The molecule has 6 aliphatic rings. The van der Waals surface area contributed by atoms with Gasteiger partial charge in [-0.15, -0.1) is 0 Å². The molecule has 2 atom stereocenters. The fraction of sp³-hybridized carbons (Fsp3) is 0.105. The second-order valence-corrected chi connectivity index (χ2v) is 19.0. The number of benzene rings is 8. The van der Waals surface area contributed by atoms with Crippen molar-refractivity contribution in [3.05, 3.63) is 168 Å². The van der Waals surface area contributed by atoms with E-state index in [1.165, 1.54) is 133 Å². The van der Waals surface area contributed by atoms with Gasteiger partial charge in [-0.25, -0.2) is 15.0 Å². The Balaban J connectivity index is 0.925. The Morgan fingerprint density at radius 1 is 0.431 bits per heavy atom. The van der Waals surface area contributed by atoms with Gasteiger partial charge in [0.1, 0.15) is 12.7 Å². The molecule has 65 heavy (non-hydrogen) atoms. The second-order valence-electron chi connectivity index (χ2n) is 19.0. The zero-order valence-electron chi connectivity index (χ0n) is 35.9. The molecule has 0 fully saturated rings. The Kier molecular flexibility index (Phi) is 6.60. The lowest BCUT2D eigenvalue weighted by Gasteiger charge is -2.16. The van der Waals surface area contributed by atoms with Crippen LogP contribution in [0.3, 0.4) is 0 Å². The first kappa shape index (κ1) is 35.0. The molecule has 2 aromatic heterocycles. The highest BCUT2D eigenvalue weighted by atomic mass is 15.2. The molecule has 0 saturated carbocycles. The van der Waals surface area contributed by atoms with E-state index in [0.29, 0.717) is 17.8 Å². The van der Waals surface area contributed by atoms with Crippen molar-refractivity contribution in [1.82, 2.24) is 30.2 Å². The molecular formula is C57H38B2N6. The minimum absolute atomic E-state index is 0.148. The number of hydrogen-bond acceptors (Lipinski definition) is 5. The van der Waals surface area contributed by atoms with Gasteiger partial charge in [-0.3, -0.25) is 4.57 Å². The maximum Gasteiger partial charge on any atom is 0.244 e. The normalized spacial score (nSPS) is 16.3. The maximum absolute atomic E-state index is 4.86. The molecule has 2 aliphatic carbocycles. The van der Waals surface area contributed by atoms with Crippen LogP contribution in [0, 0.1) is 0 Å². The molecule has 0 bridgehead atoms. The Morgan fingerprint density at radius 2 is 0.846 bits per heavy atom. The summed E-state index contributed by atoms with van der Waals surface area (Å²) < 4.78 is 2.32. The van der Waals surface area contributed by atoms with Gasteiger partial charge in [0.2, 0.25) is 19.4 Å². The number of nitrogens with one attached hydrogen (secondary N) is 2. The molecule has 302 valence electrons. The molecule has 0 spiro atoms. The molecule has 6 nitrogen and oxygen atoms in total. The van der Waals surface area contributed by atoms with E-state index in [1.54, 1.807) is 12.7 Å². The van der Waals surface area contributed by atoms with E-state index in [2.05, 4.69) is 168 Å². The van der Waals surface area contributed by atoms with Crippen molar-refractivity contribution in [3.8, 4) is 72.7 Å². The van der Waals surface area contributed by atoms with E-state index in [-0.39, 0.29) is 13.4 Å². The van der Waals surface area contributed by atoms with E-state index in [1.807, 2.05) is 0 Å². The van der Waals surface area contributed by atoms with Crippen LogP contribution in [0.15, 0.2) is 146 Å². The Bertz CT molecular complexity index is 3620. The summed E-state index contributed by atoms with van der Waals surface area (Å²) in [5, 5.41) is 9.48. The van der Waals surface area contributed by atoms with E-state index in [0.717, 1.165) is 24.1 Å². The molecule has 0 radical (unpaired) electrons. The Morgan fingerprint density at radius 3 is 1.31 bits per heavy atom. The highest BCUT2D eigenvalue weighted by Crippen LogP contribution is 2.49. The third-order valence-corrected chi connectivity index (χ3v) is 16.2. The van der Waals surface area contributed by atoms with Crippen molar-refractivity contribution in [3.63, 3.8) is 0 Å². The van der Waals surface area contributed by atoms with Gasteiger partial charge >= 0.3 is 0 Å². The van der Waals surface area contributed by atoms with E-state index >= 15 is 0 Å². The zero-order valence-corrected chi connectivity index (χ0v) is 35.9. The van der Waals surface area contributed by atoms with Crippen molar-refractivity contribution in [1.29, 1.82) is 0 Å². The number of fused-ring (bicyclic) bond motifs is 21. The van der Waals surface area contributed by atoms with Crippen LogP contribution in [0.4, 0.5) is 0 Å². The van der Waals surface area contributed by atoms with Crippen LogP contribution in [-0.2, 0) is 0 Å². The number of aromatic nitrogens is 4. The monoisotopic (exact) mass is 828 g/mol. The minimum atomic E-state index is 0.148. The van der Waals surface area contributed by atoms with Crippen LogP contribution in [0.1, 0.15) is 34.1 Å². The van der Waals surface area contributed by atoms with Crippen LogP contribution in [0.25, 0.3) is 94.5 Å². The highest BCUT2D eigenvalue weighted by molar-refractivity contribution is 7.03.